The Morgan fingerprint density at radius 2 is 1.50 bits per heavy atom. The fourth-order valence-corrected chi connectivity index (χ4v) is 1.15. The second-order valence-corrected chi connectivity index (χ2v) is 3.34. The van der Waals surface area contributed by atoms with E-state index in [0.717, 1.165) is 0 Å². The Kier molecular flexibility index (Phi) is 3.35. The monoisotopic (exact) mass is 236 g/mol. The highest BCUT2D eigenvalue weighted by molar-refractivity contribution is 5.24. The standard InChI is InChI=1S/C11H9F5/c1-8(10(12,13)11(14,15)16)7-9-5-3-2-4-6-9/h2-6H,1,7H2. The molecule has 0 saturated carbocycles. The lowest BCUT2D eigenvalue weighted by molar-refractivity contribution is -0.264. The van der Waals surface area contributed by atoms with Crippen LogP contribution in [0.1, 0.15) is 5.56 Å². The van der Waals surface area contributed by atoms with Crippen molar-refractivity contribution in [3.63, 3.8) is 0 Å². The number of benzene rings is 1. The molecule has 0 fully saturated rings. The average molecular weight is 236 g/mol. The summed E-state index contributed by atoms with van der Waals surface area (Å²) in [5, 5.41) is 0. The van der Waals surface area contributed by atoms with Gasteiger partial charge in [0.1, 0.15) is 0 Å². The predicted molar refractivity (Wildman–Crippen MR) is 50.3 cm³/mol. The molecule has 1 aromatic rings. The summed E-state index contributed by atoms with van der Waals surface area (Å²) in [5.74, 6) is -4.84. The molecular formula is C11H9F5. The molecular weight excluding hydrogens is 227 g/mol. The zero-order chi connectivity index (χ0) is 12.4. The molecule has 88 valence electrons. The molecule has 0 atom stereocenters. The van der Waals surface area contributed by atoms with E-state index in [2.05, 4.69) is 6.58 Å². The zero-order valence-corrected chi connectivity index (χ0v) is 8.19. The van der Waals surface area contributed by atoms with Crippen LogP contribution in [0.2, 0.25) is 0 Å². The third-order valence-electron chi connectivity index (χ3n) is 2.06. The first-order chi connectivity index (χ1) is 7.25. The molecule has 0 N–H and O–H groups in total. The van der Waals surface area contributed by atoms with Crippen LogP contribution >= 0.6 is 0 Å². The molecule has 1 aromatic carbocycles. The van der Waals surface area contributed by atoms with Crippen LogP contribution in [0, 0.1) is 0 Å². The van der Waals surface area contributed by atoms with Gasteiger partial charge in [-0.2, -0.15) is 22.0 Å². The van der Waals surface area contributed by atoms with Gasteiger partial charge in [0.25, 0.3) is 0 Å². The highest BCUT2D eigenvalue weighted by atomic mass is 19.4. The third kappa shape index (κ3) is 2.59. The van der Waals surface area contributed by atoms with E-state index in [9.17, 15) is 22.0 Å². The van der Waals surface area contributed by atoms with Gasteiger partial charge in [0, 0.05) is 5.57 Å². The number of allylic oxidation sites excluding steroid dienone is 1. The van der Waals surface area contributed by atoms with Crippen molar-refractivity contribution in [1.29, 1.82) is 0 Å². The predicted octanol–water partition coefficient (Wildman–Crippen LogP) is 3.98. The molecule has 0 spiro atoms. The molecule has 0 radical (unpaired) electrons. The van der Waals surface area contributed by atoms with Gasteiger partial charge in [-0.05, 0) is 12.0 Å². The summed E-state index contributed by atoms with van der Waals surface area (Å²) < 4.78 is 61.5. The summed E-state index contributed by atoms with van der Waals surface area (Å²) >= 11 is 0. The van der Waals surface area contributed by atoms with Crippen molar-refractivity contribution < 1.29 is 22.0 Å². The smallest absolute Gasteiger partial charge is 0.191 e. The minimum absolute atomic E-state index is 0.372. The number of alkyl halides is 5. The fraction of sp³-hybridized carbons (Fsp3) is 0.273. The highest BCUT2D eigenvalue weighted by Gasteiger charge is 2.58. The molecule has 0 unspecified atom stereocenters. The van der Waals surface area contributed by atoms with E-state index in [1.807, 2.05) is 0 Å². The van der Waals surface area contributed by atoms with Gasteiger partial charge in [0.05, 0.1) is 0 Å². The van der Waals surface area contributed by atoms with Gasteiger partial charge in [0.15, 0.2) is 0 Å². The second kappa shape index (κ2) is 4.23. The van der Waals surface area contributed by atoms with Gasteiger partial charge in [-0.1, -0.05) is 36.9 Å². The summed E-state index contributed by atoms with van der Waals surface area (Å²) in [6.07, 6.45) is -6.08. The molecule has 16 heavy (non-hydrogen) atoms. The average Bonchev–Trinajstić information content (AvgIpc) is 2.17. The van der Waals surface area contributed by atoms with Crippen LogP contribution in [0.15, 0.2) is 42.5 Å². The van der Waals surface area contributed by atoms with Crippen LogP contribution in [0.25, 0.3) is 0 Å². The Balaban J connectivity index is 2.81. The lowest BCUT2D eigenvalue weighted by atomic mass is 10.0. The summed E-state index contributed by atoms with van der Waals surface area (Å²) in [7, 11) is 0. The van der Waals surface area contributed by atoms with E-state index in [4.69, 9.17) is 0 Å². The quantitative estimate of drug-likeness (QED) is 0.550. The molecule has 0 heterocycles. The molecule has 0 nitrogen and oxygen atoms in total. The van der Waals surface area contributed by atoms with Crippen molar-refractivity contribution >= 4 is 0 Å². The lowest BCUT2D eigenvalue weighted by Crippen LogP contribution is -2.38. The third-order valence-corrected chi connectivity index (χ3v) is 2.06. The lowest BCUT2D eigenvalue weighted by Gasteiger charge is -2.21. The molecule has 0 saturated heterocycles. The molecule has 0 aliphatic rings. The maximum atomic E-state index is 12.8. The maximum absolute atomic E-state index is 12.8. The maximum Gasteiger partial charge on any atom is 0.457 e. The molecule has 1 rings (SSSR count). The van der Waals surface area contributed by atoms with Crippen LogP contribution in [0.4, 0.5) is 22.0 Å². The van der Waals surface area contributed by atoms with Crippen molar-refractivity contribution in [1.82, 2.24) is 0 Å². The van der Waals surface area contributed by atoms with E-state index in [-0.39, 0.29) is 0 Å². The van der Waals surface area contributed by atoms with Gasteiger partial charge in [0.2, 0.25) is 0 Å². The Hall–Kier alpha value is -1.39. The van der Waals surface area contributed by atoms with Gasteiger partial charge < -0.3 is 0 Å². The summed E-state index contributed by atoms with van der Waals surface area (Å²) in [6.45, 7) is 2.82. The molecule has 0 aliphatic heterocycles. The molecule has 0 bridgehead atoms. The van der Waals surface area contributed by atoms with E-state index in [1.165, 1.54) is 12.1 Å². The summed E-state index contributed by atoms with van der Waals surface area (Å²) in [6, 6.07) is 7.71. The van der Waals surface area contributed by atoms with Crippen molar-refractivity contribution in [2.24, 2.45) is 0 Å². The van der Waals surface area contributed by atoms with Gasteiger partial charge in [-0.25, -0.2) is 0 Å². The molecule has 0 aromatic heterocycles. The van der Waals surface area contributed by atoms with Crippen molar-refractivity contribution in [2.45, 2.75) is 18.5 Å². The van der Waals surface area contributed by atoms with Crippen LogP contribution in [0.3, 0.4) is 0 Å². The Morgan fingerprint density at radius 3 is 1.94 bits per heavy atom. The normalized spacial score (nSPS) is 12.6. The second-order valence-electron chi connectivity index (χ2n) is 3.34. The first kappa shape index (κ1) is 12.7. The minimum Gasteiger partial charge on any atom is -0.191 e. The van der Waals surface area contributed by atoms with Crippen molar-refractivity contribution in [3.05, 3.63) is 48.0 Å². The van der Waals surface area contributed by atoms with Crippen LogP contribution in [0.5, 0.6) is 0 Å². The highest BCUT2D eigenvalue weighted by Crippen LogP contribution is 2.41. The number of hydrogen-bond acceptors (Lipinski definition) is 0. The van der Waals surface area contributed by atoms with E-state index in [1.54, 1.807) is 18.2 Å². The molecule has 0 amide bonds. The largest absolute Gasteiger partial charge is 0.457 e. The van der Waals surface area contributed by atoms with Gasteiger partial charge in [-0.15, -0.1) is 0 Å². The van der Waals surface area contributed by atoms with Gasteiger partial charge >= 0.3 is 12.1 Å². The van der Waals surface area contributed by atoms with Crippen LogP contribution < -0.4 is 0 Å². The SMILES string of the molecule is C=C(Cc1ccccc1)C(F)(F)C(F)(F)F. The first-order valence-electron chi connectivity index (χ1n) is 4.42. The van der Waals surface area contributed by atoms with E-state index >= 15 is 0 Å². The van der Waals surface area contributed by atoms with Crippen LogP contribution in [-0.4, -0.2) is 12.1 Å². The Bertz CT molecular complexity index is 364. The molecule has 0 aliphatic carbocycles. The van der Waals surface area contributed by atoms with Crippen molar-refractivity contribution in [2.75, 3.05) is 0 Å². The van der Waals surface area contributed by atoms with E-state index in [0.29, 0.717) is 5.56 Å². The summed E-state index contributed by atoms with van der Waals surface area (Å²) in [4.78, 5) is 0. The molecule has 5 heteroatoms. The zero-order valence-electron chi connectivity index (χ0n) is 8.19. The number of rotatable bonds is 3. The number of halogens is 5. The van der Waals surface area contributed by atoms with Gasteiger partial charge in [-0.3, -0.25) is 0 Å². The fourth-order valence-electron chi connectivity index (χ4n) is 1.15. The van der Waals surface area contributed by atoms with E-state index < -0.39 is 24.1 Å². The Labute approximate surface area is 89.4 Å². The minimum atomic E-state index is -5.58. The Morgan fingerprint density at radius 1 is 1.00 bits per heavy atom. The summed E-state index contributed by atoms with van der Waals surface area (Å²) in [5.41, 5.74) is -0.775. The number of hydrogen-bond donors (Lipinski definition) is 0. The van der Waals surface area contributed by atoms with Crippen LogP contribution in [-0.2, 0) is 6.42 Å². The van der Waals surface area contributed by atoms with Crippen molar-refractivity contribution in [3.8, 4) is 0 Å². The first-order valence-corrected chi connectivity index (χ1v) is 4.42. The topological polar surface area (TPSA) is 0 Å².